The van der Waals surface area contributed by atoms with Gasteiger partial charge in [-0.1, -0.05) is 54.2 Å². The van der Waals surface area contributed by atoms with Crippen LogP contribution in [0.3, 0.4) is 0 Å². The molecule has 0 saturated carbocycles. The van der Waals surface area contributed by atoms with Gasteiger partial charge in [0.15, 0.2) is 4.34 Å². The van der Waals surface area contributed by atoms with E-state index in [0.717, 1.165) is 25.9 Å². The monoisotopic (exact) mass is 388 g/mol. The maximum atomic E-state index is 9.92. The molecule has 3 nitrogen and oxygen atoms in total. The van der Waals surface area contributed by atoms with E-state index in [1.165, 1.54) is 11.8 Å². The fraction of sp³-hybridized carbons (Fsp3) is 0.0909. The normalized spacial score (nSPS) is 13.0. The lowest BCUT2D eigenvalue weighted by Crippen LogP contribution is -2.14. The lowest BCUT2D eigenvalue weighted by molar-refractivity contribution is 0.481. The SMILES string of the molecule is CC(C#N)(Sc1nc2ccccc2s1)c1cccc(Oc2ccccc2)c1. The van der Waals surface area contributed by atoms with Crippen molar-refractivity contribution in [2.75, 3.05) is 0 Å². The Morgan fingerprint density at radius 3 is 2.48 bits per heavy atom. The summed E-state index contributed by atoms with van der Waals surface area (Å²) < 4.78 is 7.18. The molecule has 0 aliphatic heterocycles. The van der Waals surface area contributed by atoms with Gasteiger partial charge >= 0.3 is 0 Å². The molecule has 0 bridgehead atoms. The van der Waals surface area contributed by atoms with Crippen molar-refractivity contribution in [3.63, 3.8) is 0 Å². The molecule has 1 unspecified atom stereocenters. The van der Waals surface area contributed by atoms with E-state index in [2.05, 4.69) is 17.1 Å². The second-order valence-electron chi connectivity index (χ2n) is 6.14. The molecule has 1 heterocycles. The number of para-hydroxylation sites is 2. The maximum absolute atomic E-state index is 9.92. The van der Waals surface area contributed by atoms with Crippen LogP contribution in [0.2, 0.25) is 0 Å². The Morgan fingerprint density at radius 2 is 1.70 bits per heavy atom. The first-order valence-electron chi connectivity index (χ1n) is 8.45. The van der Waals surface area contributed by atoms with E-state index in [-0.39, 0.29) is 0 Å². The van der Waals surface area contributed by atoms with Crippen molar-refractivity contribution >= 4 is 33.3 Å². The predicted molar refractivity (Wildman–Crippen MR) is 111 cm³/mol. The molecule has 3 aromatic carbocycles. The Labute approximate surface area is 166 Å². The zero-order valence-corrected chi connectivity index (χ0v) is 16.3. The standard InChI is InChI=1S/C22H16N2OS2/c1-22(15-23,27-21-24-19-12-5-6-13-20(19)26-21)16-8-7-11-18(14-16)25-17-9-3-2-4-10-17/h2-14H,1H3. The Hall–Kier alpha value is -2.81. The van der Waals surface area contributed by atoms with Crippen molar-refractivity contribution in [1.82, 2.24) is 4.98 Å². The summed E-state index contributed by atoms with van der Waals surface area (Å²) in [6.45, 7) is 1.92. The summed E-state index contributed by atoms with van der Waals surface area (Å²) in [4.78, 5) is 4.66. The van der Waals surface area contributed by atoms with Gasteiger partial charge in [-0.15, -0.1) is 11.3 Å². The molecule has 0 saturated heterocycles. The number of rotatable bonds is 5. The van der Waals surface area contributed by atoms with Gasteiger partial charge in [0, 0.05) is 0 Å². The summed E-state index contributed by atoms with van der Waals surface area (Å²) >= 11 is 3.09. The van der Waals surface area contributed by atoms with Crippen molar-refractivity contribution < 1.29 is 4.74 Å². The Bertz CT molecular complexity index is 1080. The summed E-state index contributed by atoms with van der Waals surface area (Å²) in [5.41, 5.74) is 1.86. The number of fused-ring (bicyclic) bond motifs is 1. The van der Waals surface area contributed by atoms with Gasteiger partial charge in [-0.2, -0.15) is 5.26 Å². The highest BCUT2D eigenvalue weighted by Crippen LogP contribution is 2.44. The number of hydrogen-bond acceptors (Lipinski definition) is 5. The number of hydrogen-bond donors (Lipinski definition) is 0. The fourth-order valence-electron chi connectivity index (χ4n) is 2.70. The van der Waals surface area contributed by atoms with Crippen molar-refractivity contribution in [3.8, 4) is 17.6 Å². The van der Waals surface area contributed by atoms with Gasteiger partial charge in [0.25, 0.3) is 0 Å². The smallest absolute Gasteiger partial charge is 0.153 e. The van der Waals surface area contributed by atoms with E-state index in [9.17, 15) is 5.26 Å². The Kier molecular flexibility index (Phi) is 4.85. The van der Waals surface area contributed by atoms with Crippen LogP contribution in [0.15, 0.2) is 83.2 Å². The zero-order valence-electron chi connectivity index (χ0n) is 14.6. The molecule has 27 heavy (non-hydrogen) atoms. The number of ether oxygens (including phenoxy) is 1. The lowest BCUT2D eigenvalue weighted by atomic mass is 10.0. The second kappa shape index (κ2) is 7.43. The molecule has 0 aliphatic rings. The minimum atomic E-state index is -0.760. The van der Waals surface area contributed by atoms with Crippen molar-refractivity contribution in [1.29, 1.82) is 5.26 Å². The van der Waals surface area contributed by atoms with Gasteiger partial charge in [-0.3, -0.25) is 0 Å². The van der Waals surface area contributed by atoms with Crippen LogP contribution >= 0.6 is 23.1 Å². The average molecular weight is 389 g/mol. The van der Waals surface area contributed by atoms with Gasteiger partial charge in [-0.25, -0.2) is 4.98 Å². The summed E-state index contributed by atoms with van der Waals surface area (Å²) in [5.74, 6) is 1.48. The van der Waals surface area contributed by atoms with E-state index < -0.39 is 4.75 Å². The van der Waals surface area contributed by atoms with Crippen LogP contribution in [0.25, 0.3) is 10.2 Å². The summed E-state index contributed by atoms with van der Waals surface area (Å²) in [6.07, 6.45) is 0. The highest BCUT2D eigenvalue weighted by atomic mass is 32.2. The minimum Gasteiger partial charge on any atom is -0.457 e. The topological polar surface area (TPSA) is 45.9 Å². The molecule has 0 N–H and O–H groups in total. The number of thiazole rings is 1. The second-order valence-corrected chi connectivity index (χ2v) is 8.83. The van der Waals surface area contributed by atoms with Crippen molar-refractivity contribution in [2.24, 2.45) is 0 Å². The number of thioether (sulfide) groups is 1. The van der Waals surface area contributed by atoms with Gasteiger partial charge in [0.05, 0.1) is 16.3 Å². The van der Waals surface area contributed by atoms with Gasteiger partial charge in [-0.05, 0) is 48.9 Å². The predicted octanol–water partition coefficient (Wildman–Crippen LogP) is 6.62. The van der Waals surface area contributed by atoms with Crippen LogP contribution in [0, 0.1) is 11.3 Å². The molecule has 132 valence electrons. The minimum absolute atomic E-state index is 0.713. The van der Waals surface area contributed by atoms with Crippen LogP contribution in [0.5, 0.6) is 11.5 Å². The molecule has 1 atom stereocenters. The first kappa shape index (κ1) is 17.6. The molecular formula is C22H16N2OS2. The number of nitrogens with zero attached hydrogens (tertiary/aromatic N) is 2. The molecule has 0 fully saturated rings. The molecule has 4 rings (SSSR count). The lowest BCUT2D eigenvalue weighted by Gasteiger charge is -2.20. The van der Waals surface area contributed by atoms with Crippen molar-refractivity contribution in [3.05, 3.63) is 84.4 Å². The molecule has 0 spiro atoms. The van der Waals surface area contributed by atoms with Gasteiger partial charge < -0.3 is 4.74 Å². The molecule has 5 heteroatoms. The van der Waals surface area contributed by atoms with E-state index in [0.29, 0.717) is 5.75 Å². The fourth-order valence-corrected chi connectivity index (χ4v) is 5.11. The van der Waals surface area contributed by atoms with Crippen molar-refractivity contribution in [2.45, 2.75) is 16.0 Å². The largest absolute Gasteiger partial charge is 0.457 e. The van der Waals surface area contributed by atoms with Crippen LogP contribution in [-0.4, -0.2) is 4.98 Å². The Balaban J connectivity index is 1.63. The molecule has 0 amide bonds. The number of aromatic nitrogens is 1. The number of nitriles is 1. The summed E-state index contributed by atoms with van der Waals surface area (Å²) in [6, 6.07) is 27.8. The molecule has 1 aromatic heterocycles. The summed E-state index contributed by atoms with van der Waals surface area (Å²) in [5, 5.41) is 9.92. The quantitative estimate of drug-likeness (QED) is 0.360. The van der Waals surface area contributed by atoms with E-state index in [4.69, 9.17) is 4.74 Å². The third kappa shape index (κ3) is 3.82. The van der Waals surface area contributed by atoms with E-state index >= 15 is 0 Å². The highest BCUT2D eigenvalue weighted by molar-refractivity contribution is 8.02. The molecule has 0 aliphatic carbocycles. The van der Waals surface area contributed by atoms with E-state index in [1.807, 2.05) is 79.7 Å². The molecule has 0 radical (unpaired) electrons. The van der Waals surface area contributed by atoms with Gasteiger partial charge in [0.1, 0.15) is 16.2 Å². The Morgan fingerprint density at radius 1 is 0.963 bits per heavy atom. The molecule has 4 aromatic rings. The number of benzene rings is 3. The zero-order chi connectivity index (χ0) is 18.7. The van der Waals surface area contributed by atoms with Crippen LogP contribution in [-0.2, 0) is 4.75 Å². The van der Waals surface area contributed by atoms with Gasteiger partial charge in [0.2, 0.25) is 0 Å². The van der Waals surface area contributed by atoms with E-state index in [1.54, 1.807) is 11.3 Å². The maximum Gasteiger partial charge on any atom is 0.153 e. The third-order valence-electron chi connectivity index (χ3n) is 4.14. The van der Waals surface area contributed by atoms with Crippen LogP contribution in [0.1, 0.15) is 12.5 Å². The average Bonchev–Trinajstić information content (AvgIpc) is 3.11. The molecular weight excluding hydrogens is 372 g/mol. The first-order chi connectivity index (χ1) is 13.2. The first-order valence-corrected chi connectivity index (χ1v) is 10.1. The van der Waals surface area contributed by atoms with Crippen LogP contribution in [0.4, 0.5) is 0 Å². The third-order valence-corrected chi connectivity index (χ3v) is 6.48. The van der Waals surface area contributed by atoms with Crippen LogP contribution < -0.4 is 4.74 Å². The highest BCUT2D eigenvalue weighted by Gasteiger charge is 2.30. The summed E-state index contributed by atoms with van der Waals surface area (Å²) in [7, 11) is 0.